The fraction of sp³-hybridized carbons (Fsp3) is 0.0968. The van der Waals surface area contributed by atoms with Crippen LogP contribution in [0.25, 0.3) is 38.3 Å². The molecule has 0 unspecified atom stereocenters. The number of carbonyl (C=O) groups excluding carboxylic acids is 1. The van der Waals surface area contributed by atoms with Crippen LogP contribution < -0.4 is 24.6 Å². The number of aromatic hydroxyl groups is 1. The van der Waals surface area contributed by atoms with Crippen LogP contribution in [0.15, 0.2) is 83.4 Å². The molecule has 0 aliphatic carbocycles. The monoisotopic (exact) mass is 581 g/mol. The molecule has 3 heterocycles. The molecule has 210 valence electrons. The van der Waals surface area contributed by atoms with Crippen molar-refractivity contribution in [1.82, 2.24) is 10.3 Å². The number of ketones is 1. The topological polar surface area (TPSA) is 134 Å². The lowest BCUT2D eigenvalue weighted by Crippen LogP contribution is -2.38. The highest BCUT2D eigenvalue weighted by Gasteiger charge is 2.37. The van der Waals surface area contributed by atoms with E-state index in [0.717, 1.165) is 16.9 Å². The molecule has 0 aliphatic rings. The Morgan fingerprint density at radius 2 is 1.55 bits per heavy atom. The number of benzene rings is 3. The quantitative estimate of drug-likeness (QED) is 0.178. The number of pyridine rings is 1. The molecular weight excluding hydrogens is 556 g/mol. The van der Waals surface area contributed by atoms with Crippen molar-refractivity contribution in [2.75, 3.05) is 27.1 Å². The molecule has 6 rings (SSSR count). The standard InChI is InChI=1S/C31H24N4O6S/c1-38-22-14-18(15-23(39-2)28(22)40-3)20-16-21(17-10-6-4-7-11-17)33-30-24(20)25(32)29(42-30)27(36)26-31(37)41-34-35(26)19-12-8-5-9-13-19/h4-16H,1-3H3,(H2-,32,34,36,37)/p+1. The lowest BCUT2D eigenvalue weighted by molar-refractivity contribution is -0.672. The summed E-state index contributed by atoms with van der Waals surface area (Å²) >= 11 is 1.12. The highest BCUT2D eigenvalue weighted by molar-refractivity contribution is 7.21. The van der Waals surface area contributed by atoms with Crippen molar-refractivity contribution in [3.63, 3.8) is 0 Å². The molecule has 3 aromatic heterocycles. The molecule has 0 spiro atoms. The Kier molecular flexibility index (Phi) is 6.93. The second kappa shape index (κ2) is 10.9. The predicted molar refractivity (Wildman–Crippen MR) is 158 cm³/mol. The van der Waals surface area contributed by atoms with Crippen LogP contribution in [0.5, 0.6) is 23.2 Å². The maximum absolute atomic E-state index is 14.0. The Morgan fingerprint density at radius 3 is 2.17 bits per heavy atom. The van der Waals surface area contributed by atoms with Crippen molar-refractivity contribution in [2.45, 2.75) is 0 Å². The van der Waals surface area contributed by atoms with E-state index >= 15 is 0 Å². The van der Waals surface area contributed by atoms with Gasteiger partial charge in [0.25, 0.3) is 5.78 Å². The summed E-state index contributed by atoms with van der Waals surface area (Å²) in [7, 11) is 4.62. The molecule has 0 bridgehead atoms. The number of fused-ring (bicyclic) bond motifs is 1. The van der Waals surface area contributed by atoms with Crippen LogP contribution in [0, 0.1) is 0 Å². The van der Waals surface area contributed by atoms with Crippen molar-refractivity contribution < 1.29 is 33.3 Å². The van der Waals surface area contributed by atoms with Gasteiger partial charge in [0.1, 0.15) is 9.71 Å². The van der Waals surface area contributed by atoms with Gasteiger partial charge in [-0.2, -0.15) is 0 Å². The first-order valence-electron chi connectivity index (χ1n) is 12.7. The SMILES string of the molecule is COc1cc(-c2cc(-c3ccccc3)nc3sc(C(=O)c4c(O)on[n+]4-c4ccccc4)c(N)c23)cc(OC)c1OC. The van der Waals surface area contributed by atoms with E-state index in [0.29, 0.717) is 50.0 Å². The van der Waals surface area contributed by atoms with Crippen LogP contribution >= 0.6 is 11.3 Å². The van der Waals surface area contributed by atoms with Gasteiger partial charge in [-0.3, -0.25) is 9.32 Å². The van der Waals surface area contributed by atoms with Crippen molar-refractivity contribution in [3.8, 4) is 51.3 Å². The van der Waals surface area contributed by atoms with Gasteiger partial charge in [0.05, 0.1) is 32.7 Å². The number of para-hydroxylation sites is 1. The van der Waals surface area contributed by atoms with Crippen molar-refractivity contribution in [3.05, 3.63) is 89.4 Å². The minimum absolute atomic E-state index is 0.155. The highest BCUT2D eigenvalue weighted by Crippen LogP contribution is 2.46. The lowest BCUT2D eigenvalue weighted by Gasteiger charge is -2.15. The van der Waals surface area contributed by atoms with Crippen LogP contribution in [0.2, 0.25) is 0 Å². The number of hydrogen-bond acceptors (Lipinski definition) is 10. The molecule has 11 heteroatoms. The average Bonchev–Trinajstić information content (AvgIpc) is 3.59. The molecule has 42 heavy (non-hydrogen) atoms. The number of ether oxygens (including phenoxy) is 3. The van der Waals surface area contributed by atoms with E-state index in [1.165, 1.54) is 11.8 Å². The number of methoxy groups -OCH3 is 3. The third kappa shape index (κ3) is 4.45. The zero-order chi connectivity index (χ0) is 29.4. The summed E-state index contributed by atoms with van der Waals surface area (Å²) in [6, 6.07) is 24.1. The van der Waals surface area contributed by atoms with E-state index in [1.54, 1.807) is 38.5 Å². The number of nitrogen functional groups attached to an aromatic ring is 1. The number of thiophene rings is 1. The third-order valence-electron chi connectivity index (χ3n) is 6.79. The number of carbonyl (C=O) groups is 1. The molecule has 0 atom stereocenters. The van der Waals surface area contributed by atoms with Crippen LogP contribution in [0.4, 0.5) is 5.69 Å². The zero-order valence-corrected chi connectivity index (χ0v) is 23.6. The van der Waals surface area contributed by atoms with Gasteiger partial charge in [0, 0.05) is 27.8 Å². The second-order valence-corrected chi connectivity index (χ2v) is 10.2. The molecule has 0 amide bonds. The van der Waals surface area contributed by atoms with Crippen LogP contribution in [0.1, 0.15) is 15.4 Å². The van der Waals surface area contributed by atoms with Crippen molar-refractivity contribution in [2.24, 2.45) is 0 Å². The minimum atomic E-state index is -0.622. The van der Waals surface area contributed by atoms with Gasteiger partial charge in [0.15, 0.2) is 11.5 Å². The van der Waals surface area contributed by atoms with Gasteiger partial charge < -0.3 is 25.1 Å². The molecule has 0 saturated carbocycles. The van der Waals surface area contributed by atoms with Gasteiger partial charge in [-0.15, -0.1) is 11.3 Å². The summed E-state index contributed by atoms with van der Waals surface area (Å²) in [4.78, 5) is 19.6. The fourth-order valence-electron chi connectivity index (χ4n) is 4.81. The van der Waals surface area contributed by atoms with Crippen molar-refractivity contribution >= 4 is 33.0 Å². The van der Waals surface area contributed by atoms with E-state index < -0.39 is 11.7 Å². The minimum Gasteiger partial charge on any atom is -0.493 e. The molecule has 0 fully saturated rings. The number of aromatic nitrogens is 3. The summed E-state index contributed by atoms with van der Waals surface area (Å²) in [5, 5.41) is 15.0. The van der Waals surface area contributed by atoms with Crippen LogP contribution in [-0.2, 0) is 0 Å². The van der Waals surface area contributed by atoms with Crippen molar-refractivity contribution in [1.29, 1.82) is 0 Å². The lowest BCUT2D eigenvalue weighted by atomic mass is 9.98. The van der Waals surface area contributed by atoms with Gasteiger partial charge in [-0.05, 0) is 29.3 Å². The summed E-state index contributed by atoms with van der Waals surface area (Å²) in [6.45, 7) is 0. The number of rotatable bonds is 8. The molecule has 10 nitrogen and oxygen atoms in total. The summed E-state index contributed by atoms with van der Waals surface area (Å²) in [5.41, 5.74) is 10.3. The number of hydrogen-bond donors (Lipinski definition) is 2. The smallest absolute Gasteiger partial charge is 0.393 e. The molecule has 0 aliphatic heterocycles. The van der Waals surface area contributed by atoms with E-state index in [9.17, 15) is 9.90 Å². The zero-order valence-electron chi connectivity index (χ0n) is 22.8. The third-order valence-corrected chi connectivity index (χ3v) is 7.89. The Balaban J connectivity index is 1.60. The van der Waals surface area contributed by atoms with E-state index in [1.807, 2.05) is 54.6 Å². The highest BCUT2D eigenvalue weighted by atomic mass is 32.1. The first-order valence-corrected chi connectivity index (χ1v) is 13.6. The Bertz CT molecular complexity index is 1910. The maximum atomic E-state index is 14.0. The summed E-state index contributed by atoms with van der Waals surface area (Å²) in [6.07, 6.45) is 0. The van der Waals surface area contributed by atoms with Gasteiger partial charge in [-0.1, -0.05) is 48.5 Å². The number of anilines is 1. The maximum Gasteiger partial charge on any atom is 0.393 e. The molecule has 0 saturated heterocycles. The van der Waals surface area contributed by atoms with Gasteiger partial charge in [0.2, 0.25) is 16.7 Å². The normalized spacial score (nSPS) is 11.0. The summed E-state index contributed by atoms with van der Waals surface area (Å²) in [5.74, 6) is 0.182. The molecule has 3 aromatic carbocycles. The Labute approximate surface area is 244 Å². The van der Waals surface area contributed by atoms with E-state index in [4.69, 9.17) is 29.5 Å². The largest absolute Gasteiger partial charge is 0.493 e. The predicted octanol–water partition coefficient (Wildman–Crippen LogP) is 5.44. The molecule has 6 aromatic rings. The number of nitrogens with two attached hydrogens (primary N) is 1. The molecule has 3 N–H and O–H groups in total. The van der Waals surface area contributed by atoms with Gasteiger partial charge in [-0.25, -0.2) is 4.98 Å². The van der Waals surface area contributed by atoms with E-state index in [2.05, 4.69) is 5.27 Å². The van der Waals surface area contributed by atoms with E-state index in [-0.39, 0.29) is 16.3 Å². The molecular formula is C31H25N4O6S+. The second-order valence-electron chi connectivity index (χ2n) is 9.16. The Hall–Kier alpha value is -5.42. The first kappa shape index (κ1) is 26.8. The van der Waals surface area contributed by atoms with Crippen LogP contribution in [0.3, 0.4) is 0 Å². The number of nitrogens with zero attached hydrogens (tertiary/aromatic N) is 3. The van der Waals surface area contributed by atoms with Gasteiger partial charge >= 0.3 is 11.6 Å². The average molecular weight is 582 g/mol. The first-order chi connectivity index (χ1) is 20.4. The molecule has 0 radical (unpaired) electrons. The van der Waals surface area contributed by atoms with Crippen LogP contribution in [-0.4, -0.2) is 42.5 Å². The summed E-state index contributed by atoms with van der Waals surface area (Å²) < 4.78 is 23.0. The fourth-order valence-corrected chi connectivity index (χ4v) is 5.87. The Morgan fingerprint density at radius 1 is 0.905 bits per heavy atom.